The molecule has 1 aliphatic heterocycles. The molecule has 1 rings (SSSR count). The van der Waals surface area contributed by atoms with Crippen molar-refractivity contribution in [3.63, 3.8) is 0 Å². The number of unbranched alkanes of at least 4 members (excludes halogenated alkanes) is 26. The van der Waals surface area contributed by atoms with Gasteiger partial charge >= 0.3 is 0 Å². The van der Waals surface area contributed by atoms with Crippen molar-refractivity contribution in [1.82, 2.24) is 5.32 Å². The van der Waals surface area contributed by atoms with Gasteiger partial charge in [-0.15, -0.1) is 6.58 Å². The molecule has 0 aromatic heterocycles. The second-order valence-corrected chi connectivity index (χ2v) is 11.4. The van der Waals surface area contributed by atoms with Crippen LogP contribution in [-0.4, -0.2) is 12.5 Å². The molecular weight excluding hydrogens is 438 g/mol. The first-order valence-corrected chi connectivity index (χ1v) is 16.7. The fourth-order valence-corrected chi connectivity index (χ4v) is 5.17. The van der Waals surface area contributed by atoms with Gasteiger partial charge in [0.15, 0.2) is 0 Å². The third-order valence-electron chi connectivity index (χ3n) is 7.66. The van der Waals surface area contributed by atoms with Crippen molar-refractivity contribution in [2.75, 3.05) is 6.54 Å². The van der Waals surface area contributed by atoms with Gasteiger partial charge in [0.1, 0.15) is 0 Å². The lowest BCUT2D eigenvalue weighted by Gasteiger charge is -2.04. The van der Waals surface area contributed by atoms with E-state index in [1.165, 1.54) is 173 Å². The van der Waals surface area contributed by atoms with Gasteiger partial charge in [-0.3, -0.25) is 4.79 Å². The summed E-state index contributed by atoms with van der Waals surface area (Å²) in [6.45, 7) is 6.98. The van der Waals surface area contributed by atoms with E-state index in [0.29, 0.717) is 0 Å². The van der Waals surface area contributed by atoms with Crippen molar-refractivity contribution in [3.05, 3.63) is 12.7 Å². The standard InChI is InChI=1S/C30H60.C4H7NO/c1-3-5-7-9-11-13-15-17-19-21-23-25-27-29-30-28-26-24-22-20-18-16-14-12-10-8-6-4-2;6-4-2-1-3-5-4/h3H,1,4-30H2,2H3;1-3H2,(H,5,6). The molecule has 0 saturated carbocycles. The van der Waals surface area contributed by atoms with Crippen LogP contribution in [0.2, 0.25) is 0 Å². The lowest BCUT2D eigenvalue weighted by atomic mass is 10.0. The van der Waals surface area contributed by atoms with E-state index in [-0.39, 0.29) is 5.91 Å². The summed E-state index contributed by atoms with van der Waals surface area (Å²) in [6.07, 6.45) is 43.2. The van der Waals surface area contributed by atoms with E-state index in [4.69, 9.17) is 0 Å². The Morgan fingerprint density at radius 2 is 0.861 bits per heavy atom. The molecule has 0 spiro atoms. The molecule has 1 amide bonds. The molecule has 0 aliphatic carbocycles. The van der Waals surface area contributed by atoms with Gasteiger partial charge in [-0.1, -0.05) is 174 Å². The smallest absolute Gasteiger partial charge is 0.220 e. The molecule has 36 heavy (non-hydrogen) atoms. The zero-order valence-corrected chi connectivity index (χ0v) is 24.9. The maximum absolute atomic E-state index is 10.1. The van der Waals surface area contributed by atoms with Crippen molar-refractivity contribution >= 4 is 5.91 Å². The molecular formula is C34H67NO. The maximum Gasteiger partial charge on any atom is 0.220 e. The molecule has 0 radical (unpaired) electrons. The Bertz CT molecular complexity index is 425. The highest BCUT2D eigenvalue weighted by atomic mass is 16.1. The zero-order chi connectivity index (χ0) is 26.2. The normalized spacial score (nSPS) is 12.9. The van der Waals surface area contributed by atoms with Gasteiger partial charge in [-0.25, -0.2) is 0 Å². The van der Waals surface area contributed by atoms with E-state index in [2.05, 4.69) is 24.9 Å². The van der Waals surface area contributed by atoms with Gasteiger partial charge in [0.05, 0.1) is 0 Å². The van der Waals surface area contributed by atoms with Crippen LogP contribution < -0.4 is 5.32 Å². The fraction of sp³-hybridized carbons (Fsp3) is 0.912. The van der Waals surface area contributed by atoms with Gasteiger partial charge in [0.2, 0.25) is 5.91 Å². The van der Waals surface area contributed by atoms with Crippen molar-refractivity contribution < 1.29 is 4.79 Å². The average Bonchev–Trinajstić information content (AvgIpc) is 3.37. The minimum atomic E-state index is 0.204. The first-order chi connectivity index (χ1) is 17.8. The van der Waals surface area contributed by atoms with Gasteiger partial charge in [-0.05, 0) is 19.3 Å². The van der Waals surface area contributed by atoms with Gasteiger partial charge in [0, 0.05) is 13.0 Å². The molecule has 2 heteroatoms. The van der Waals surface area contributed by atoms with Crippen molar-refractivity contribution in [1.29, 1.82) is 0 Å². The van der Waals surface area contributed by atoms with E-state index in [1.807, 2.05) is 0 Å². The van der Waals surface area contributed by atoms with Crippen LogP contribution in [0.1, 0.15) is 193 Å². The Morgan fingerprint density at radius 3 is 1.06 bits per heavy atom. The highest BCUT2D eigenvalue weighted by molar-refractivity contribution is 5.77. The van der Waals surface area contributed by atoms with Crippen molar-refractivity contribution in [2.45, 2.75) is 193 Å². The summed E-state index contributed by atoms with van der Waals surface area (Å²) in [6, 6.07) is 0. The predicted molar refractivity (Wildman–Crippen MR) is 163 cm³/mol. The Labute approximate surface area is 228 Å². The van der Waals surface area contributed by atoms with Gasteiger partial charge in [-0.2, -0.15) is 0 Å². The summed E-state index contributed by atoms with van der Waals surface area (Å²) in [5.41, 5.74) is 0. The second kappa shape index (κ2) is 32.2. The summed E-state index contributed by atoms with van der Waals surface area (Å²) >= 11 is 0. The first kappa shape index (κ1) is 35.2. The van der Waals surface area contributed by atoms with Crippen LogP contribution in [0.15, 0.2) is 12.7 Å². The molecule has 0 bridgehead atoms. The third-order valence-corrected chi connectivity index (χ3v) is 7.66. The Kier molecular flexibility index (Phi) is 31.5. The minimum Gasteiger partial charge on any atom is -0.356 e. The Hall–Kier alpha value is -0.790. The average molecular weight is 506 g/mol. The van der Waals surface area contributed by atoms with Crippen LogP contribution in [0.25, 0.3) is 0 Å². The monoisotopic (exact) mass is 506 g/mol. The first-order valence-electron chi connectivity index (χ1n) is 16.7. The number of allylic oxidation sites excluding steroid dienone is 1. The highest BCUT2D eigenvalue weighted by Gasteiger charge is 2.05. The highest BCUT2D eigenvalue weighted by Crippen LogP contribution is 2.16. The lowest BCUT2D eigenvalue weighted by molar-refractivity contribution is -0.119. The number of hydrogen-bond donors (Lipinski definition) is 1. The number of carbonyl (C=O) groups is 1. The number of amides is 1. The molecule has 0 atom stereocenters. The zero-order valence-electron chi connectivity index (χ0n) is 24.9. The van der Waals surface area contributed by atoms with Crippen molar-refractivity contribution in [3.8, 4) is 0 Å². The lowest BCUT2D eigenvalue weighted by Crippen LogP contribution is -2.12. The van der Waals surface area contributed by atoms with E-state index in [9.17, 15) is 4.79 Å². The van der Waals surface area contributed by atoms with E-state index in [1.54, 1.807) is 0 Å². The van der Waals surface area contributed by atoms with Crippen LogP contribution in [-0.2, 0) is 4.79 Å². The maximum atomic E-state index is 10.1. The summed E-state index contributed by atoms with van der Waals surface area (Å²) in [5.74, 6) is 0.204. The topological polar surface area (TPSA) is 29.1 Å². The largest absolute Gasteiger partial charge is 0.356 e. The molecule has 1 aliphatic rings. The molecule has 1 heterocycles. The van der Waals surface area contributed by atoms with Crippen molar-refractivity contribution in [2.24, 2.45) is 0 Å². The molecule has 1 fully saturated rings. The molecule has 0 aromatic carbocycles. The summed E-state index contributed by atoms with van der Waals surface area (Å²) in [7, 11) is 0. The van der Waals surface area contributed by atoms with Gasteiger partial charge < -0.3 is 5.32 Å². The Morgan fingerprint density at radius 1 is 0.556 bits per heavy atom. The predicted octanol–water partition coefficient (Wildman–Crippen LogP) is 11.6. The molecule has 0 aromatic rings. The van der Waals surface area contributed by atoms with E-state index in [0.717, 1.165) is 19.4 Å². The van der Waals surface area contributed by atoms with Gasteiger partial charge in [0.25, 0.3) is 0 Å². The van der Waals surface area contributed by atoms with Crippen LogP contribution >= 0.6 is 0 Å². The fourth-order valence-electron chi connectivity index (χ4n) is 5.17. The van der Waals surface area contributed by atoms with Crippen LogP contribution in [0.3, 0.4) is 0 Å². The minimum absolute atomic E-state index is 0.204. The van der Waals surface area contributed by atoms with Crippen LogP contribution in [0, 0.1) is 0 Å². The molecule has 214 valence electrons. The quantitative estimate of drug-likeness (QED) is 0.0872. The molecule has 1 N–H and O–H groups in total. The molecule has 0 unspecified atom stereocenters. The number of rotatable bonds is 27. The summed E-state index contributed by atoms with van der Waals surface area (Å²) in [5, 5.41) is 2.68. The molecule has 1 saturated heterocycles. The van der Waals surface area contributed by atoms with E-state index >= 15 is 0 Å². The second-order valence-electron chi connectivity index (χ2n) is 11.4. The third kappa shape index (κ3) is 31.2. The number of nitrogens with one attached hydrogen (secondary N) is 1. The SMILES string of the molecule is C=CCCCCCCCCCCCCCCCCCCCCCCCCCCCC.O=C1CCCN1. The summed E-state index contributed by atoms with van der Waals surface area (Å²) in [4.78, 5) is 10.1. The Balaban J connectivity index is 0.00000176. The number of hydrogen-bond acceptors (Lipinski definition) is 1. The number of carbonyl (C=O) groups excluding carboxylic acids is 1. The molecule has 2 nitrogen and oxygen atoms in total. The van der Waals surface area contributed by atoms with E-state index < -0.39 is 0 Å². The van der Waals surface area contributed by atoms with Crippen LogP contribution in [0.4, 0.5) is 0 Å². The summed E-state index contributed by atoms with van der Waals surface area (Å²) < 4.78 is 0. The van der Waals surface area contributed by atoms with Crippen LogP contribution in [0.5, 0.6) is 0 Å².